The van der Waals surface area contributed by atoms with Crippen molar-refractivity contribution < 1.29 is 19.4 Å². The molecule has 0 heterocycles. The van der Waals surface area contributed by atoms with Crippen molar-refractivity contribution in [3.8, 4) is 0 Å². The summed E-state index contributed by atoms with van der Waals surface area (Å²) in [5.41, 5.74) is 3.29. The molecule has 0 aliphatic carbocycles. The number of ether oxygens (including phenoxy) is 1. The van der Waals surface area contributed by atoms with Crippen LogP contribution in [0, 0.1) is 5.92 Å². The average molecular weight is 444 g/mol. The van der Waals surface area contributed by atoms with E-state index < -0.39 is 18.0 Å². The first-order valence-corrected chi connectivity index (χ1v) is 11.1. The van der Waals surface area contributed by atoms with Gasteiger partial charge in [-0.2, -0.15) is 0 Å². The van der Waals surface area contributed by atoms with Crippen molar-refractivity contribution in [1.82, 2.24) is 0 Å². The molecule has 3 rings (SSSR count). The van der Waals surface area contributed by atoms with Gasteiger partial charge in [0, 0.05) is 17.7 Å². The van der Waals surface area contributed by atoms with Crippen LogP contribution in [-0.4, -0.2) is 41.8 Å². The molecule has 5 nitrogen and oxygen atoms in total. The molecule has 0 bridgehead atoms. The van der Waals surface area contributed by atoms with Gasteiger partial charge in [0.2, 0.25) is 0 Å². The molecule has 0 aliphatic rings. The lowest BCUT2D eigenvalue weighted by atomic mass is 9.92. The molecule has 1 N–H and O–H groups in total. The summed E-state index contributed by atoms with van der Waals surface area (Å²) < 4.78 is 5.40. The Morgan fingerprint density at radius 2 is 1.39 bits per heavy atom. The largest absolute Gasteiger partial charge is 0.463 e. The van der Waals surface area contributed by atoms with Crippen LogP contribution in [0.4, 0.5) is 0 Å². The number of rotatable bonds is 11. The maximum absolute atomic E-state index is 12.9. The first-order chi connectivity index (χ1) is 16.0. The maximum Gasteiger partial charge on any atom is 0.309 e. The molecule has 0 saturated carbocycles. The molecule has 0 fully saturated rings. The highest BCUT2D eigenvalue weighted by Gasteiger charge is 2.25. The van der Waals surface area contributed by atoms with Crippen LogP contribution in [0.25, 0.3) is 0 Å². The van der Waals surface area contributed by atoms with Crippen LogP contribution in [0.5, 0.6) is 0 Å². The van der Waals surface area contributed by atoms with Crippen LogP contribution >= 0.6 is 0 Å². The third kappa shape index (κ3) is 7.81. The summed E-state index contributed by atoms with van der Waals surface area (Å²) in [7, 11) is 0. The van der Waals surface area contributed by atoms with E-state index in [1.165, 1.54) is 0 Å². The summed E-state index contributed by atoms with van der Waals surface area (Å²) in [4.78, 5) is 30.0. The molecule has 3 aromatic carbocycles. The summed E-state index contributed by atoms with van der Waals surface area (Å²) in [6.07, 6.45) is -0.492. The third-order valence-electron chi connectivity index (χ3n) is 5.33. The number of aliphatic hydroxyl groups excluding tert-OH is 1. The predicted octanol–water partition coefficient (Wildman–Crippen LogP) is 4.53. The summed E-state index contributed by atoms with van der Waals surface area (Å²) in [6, 6.07) is 28.1. The number of esters is 1. The molecule has 1 unspecified atom stereocenters. The molecule has 170 valence electrons. The molecule has 2 atom stereocenters. The van der Waals surface area contributed by atoms with Gasteiger partial charge in [-0.15, -0.1) is 0 Å². The van der Waals surface area contributed by atoms with E-state index in [4.69, 9.17) is 4.74 Å². The second-order valence-corrected chi connectivity index (χ2v) is 7.96. The number of benzene rings is 3. The Morgan fingerprint density at radius 1 is 0.848 bits per heavy atom. The van der Waals surface area contributed by atoms with E-state index in [1.54, 1.807) is 24.3 Å². The topological polar surface area (TPSA) is 76.0 Å². The van der Waals surface area contributed by atoms with Crippen LogP contribution in [-0.2, 0) is 16.0 Å². The lowest BCUT2D eigenvalue weighted by molar-refractivity contribution is -0.151. The van der Waals surface area contributed by atoms with Gasteiger partial charge in [0.15, 0.2) is 5.78 Å². The first-order valence-electron chi connectivity index (χ1n) is 11.1. The number of hydrogen-bond donors (Lipinski definition) is 1. The fraction of sp³-hybridized carbons (Fsp3) is 0.250. The molecule has 0 saturated heterocycles. The summed E-state index contributed by atoms with van der Waals surface area (Å²) in [5.74, 6) is -1.25. The van der Waals surface area contributed by atoms with E-state index in [-0.39, 0.29) is 25.4 Å². The number of Topliss-reactive ketones (excluding diaryl/α,β-unsaturated/α-hetero) is 1. The van der Waals surface area contributed by atoms with Gasteiger partial charge >= 0.3 is 5.97 Å². The number of carbonyl (C=O) groups is 2. The predicted molar refractivity (Wildman–Crippen MR) is 130 cm³/mol. The molecule has 0 spiro atoms. The van der Waals surface area contributed by atoms with Gasteiger partial charge in [-0.25, -0.2) is 0 Å². The van der Waals surface area contributed by atoms with Crippen molar-refractivity contribution in [2.45, 2.75) is 25.9 Å². The summed E-state index contributed by atoms with van der Waals surface area (Å²) in [5, 5.41) is 10.3. The van der Waals surface area contributed by atoms with E-state index >= 15 is 0 Å². The molecule has 5 heteroatoms. The van der Waals surface area contributed by atoms with Gasteiger partial charge in [0.05, 0.1) is 12.5 Å². The van der Waals surface area contributed by atoms with E-state index in [0.29, 0.717) is 12.0 Å². The minimum Gasteiger partial charge on any atom is -0.463 e. The number of nitrogens with zero attached hydrogens (tertiary/aromatic N) is 1. The van der Waals surface area contributed by atoms with Crippen LogP contribution in [0.3, 0.4) is 0 Å². The van der Waals surface area contributed by atoms with Crippen LogP contribution in [0.1, 0.15) is 34.8 Å². The number of hydrogen-bond acceptors (Lipinski definition) is 5. The molecule has 0 aromatic heterocycles. The Bertz CT molecular complexity index is 1050. The van der Waals surface area contributed by atoms with Gasteiger partial charge in [-0.3, -0.25) is 14.6 Å². The lowest BCUT2D eigenvalue weighted by Crippen LogP contribution is -2.28. The van der Waals surface area contributed by atoms with Crippen molar-refractivity contribution >= 4 is 17.5 Å². The van der Waals surface area contributed by atoms with Gasteiger partial charge in [0.25, 0.3) is 0 Å². The zero-order valence-electron chi connectivity index (χ0n) is 18.8. The van der Waals surface area contributed by atoms with Gasteiger partial charge in [0.1, 0.15) is 12.7 Å². The van der Waals surface area contributed by atoms with Crippen LogP contribution in [0.15, 0.2) is 96.0 Å². The quantitative estimate of drug-likeness (QED) is 0.268. The second kappa shape index (κ2) is 12.5. The van der Waals surface area contributed by atoms with Crippen molar-refractivity contribution in [1.29, 1.82) is 0 Å². The maximum atomic E-state index is 12.9. The number of aliphatic hydroxyl groups is 1. The van der Waals surface area contributed by atoms with Crippen molar-refractivity contribution in [3.05, 3.63) is 108 Å². The van der Waals surface area contributed by atoms with E-state index in [2.05, 4.69) is 4.99 Å². The van der Waals surface area contributed by atoms with Crippen molar-refractivity contribution in [3.63, 3.8) is 0 Å². The highest BCUT2D eigenvalue weighted by atomic mass is 16.5. The SMILES string of the molecule is CC(=NCC(O)COC(=O)[C@H](CC(=O)c1ccccc1)Cc1ccccc1)c1ccccc1. The smallest absolute Gasteiger partial charge is 0.309 e. The van der Waals surface area contributed by atoms with E-state index in [1.807, 2.05) is 73.7 Å². The average Bonchev–Trinajstić information content (AvgIpc) is 2.87. The number of carbonyl (C=O) groups excluding carboxylic acids is 2. The minimum atomic E-state index is -0.921. The monoisotopic (exact) mass is 443 g/mol. The molecule has 0 aliphatic heterocycles. The Labute approximate surface area is 194 Å². The summed E-state index contributed by atoms with van der Waals surface area (Å²) >= 11 is 0. The molecule has 33 heavy (non-hydrogen) atoms. The molecule has 3 aromatic rings. The normalized spacial score (nSPS) is 13.2. The highest BCUT2D eigenvalue weighted by Crippen LogP contribution is 2.18. The number of aliphatic imine (C=N–C) groups is 1. The Morgan fingerprint density at radius 3 is 2.00 bits per heavy atom. The third-order valence-corrected chi connectivity index (χ3v) is 5.33. The number of ketones is 1. The van der Waals surface area contributed by atoms with Gasteiger partial charge in [-0.05, 0) is 24.5 Å². The second-order valence-electron chi connectivity index (χ2n) is 7.96. The van der Waals surface area contributed by atoms with Crippen molar-refractivity contribution in [2.75, 3.05) is 13.2 Å². The Balaban J connectivity index is 1.59. The van der Waals surface area contributed by atoms with Crippen molar-refractivity contribution in [2.24, 2.45) is 10.9 Å². The minimum absolute atomic E-state index is 0.0408. The van der Waals surface area contributed by atoms with Gasteiger partial charge in [-0.1, -0.05) is 91.0 Å². The summed E-state index contributed by atoms with van der Waals surface area (Å²) in [6.45, 7) is 1.83. The Kier molecular flexibility index (Phi) is 9.09. The molecular formula is C28H29NO4. The highest BCUT2D eigenvalue weighted by molar-refractivity contribution is 5.99. The van der Waals surface area contributed by atoms with Crippen LogP contribution in [0.2, 0.25) is 0 Å². The molecule has 0 amide bonds. The lowest BCUT2D eigenvalue weighted by Gasteiger charge is -2.17. The Hall–Kier alpha value is -3.57. The fourth-order valence-electron chi connectivity index (χ4n) is 3.46. The first kappa shape index (κ1) is 24.1. The van der Waals surface area contributed by atoms with E-state index in [0.717, 1.165) is 16.8 Å². The zero-order valence-corrected chi connectivity index (χ0v) is 18.8. The fourth-order valence-corrected chi connectivity index (χ4v) is 3.46. The van der Waals surface area contributed by atoms with E-state index in [9.17, 15) is 14.7 Å². The zero-order chi connectivity index (χ0) is 23.5. The standard InChI is InChI=1S/C28H29NO4/c1-21(23-13-7-3-8-14-23)29-19-26(30)20-33-28(32)25(17-22-11-5-2-6-12-22)18-27(31)24-15-9-4-10-16-24/h2-16,25-26,30H,17-20H2,1H3/t25-,26?/m0/s1. The van der Waals surface area contributed by atoms with Gasteiger partial charge < -0.3 is 9.84 Å². The molecule has 0 radical (unpaired) electrons. The molecular weight excluding hydrogens is 414 g/mol. The van der Waals surface area contributed by atoms with Crippen LogP contribution < -0.4 is 0 Å².